The highest BCUT2D eigenvalue weighted by atomic mass is 28.4. The molecule has 2 saturated heterocycles. The number of ketones is 1. The molecule has 0 aromatic heterocycles. The molecule has 3 aromatic carbocycles. The quantitative estimate of drug-likeness (QED) is 0.105. The van der Waals surface area contributed by atoms with Crippen LogP contribution in [0.15, 0.2) is 103 Å². The minimum Gasteiger partial charge on any atom is -0.397 e. The third-order valence-electron chi connectivity index (χ3n) is 12.6. The molecule has 3 aromatic rings. The minimum absolute atomic E-state index is 0.145. The second-order valence-corrected chi connectivity index (χ2v) is 22.2. The van der Waals surface area contributed by atoms with Crippen LogP contribution in [0.4, 0.5) is 0 Å². The highest BCUT2D eigenvalue weighted by Gasteiger charge is 2.51. The number of hydrogen-bond acceptors (Lipinski definition) is 6. The summed E-state index contributed by atoms with van der Waals surface area (Å²) in [5.41, 5.74) is 0.897. The fourth-order valence-corrected chi connectivity index (χ4v) is 14.1. The number of fused-ring (bicyclic) bond motifs is 1. The molecule has 4 amide bonds. The predicted molar refractivity (Wildman–Crippen MR) is 238 cm³/mol. The van der Waals surface area contributed by atoms with Crippen LogP contribution in [0.3, 0.4) is 0 Å². The third-order valence-corrected chi connectivity index (χ3v) is 17.7. The van der Waals surface area contributed by atoms with Gasteiger partial charge in [0.2, 0.25) is 23.6 Å². The van der Waals surface area contributed by atoms with E-state index in [4.69, 9.17) is 4.43 Å². The Balaban J connectivity index is 1.16. The van der Waals surface area contributed by atoms with Gasteiger partial charge in [-0.3, -0.25) is 24.0 Å². The van der Waals surface area contributed by atoms with E-state index in [0.29, 0.717) is 45.1 Å². The lowest BCUT2D eigenvalue weighted by Gasteiger charge is -2.44. The lowest BCUT2D eigenvalue weighted by Crippen LogP contribution is -2.68. The molecule has 2 heterocycles. The monoisotopic (exact) mass is 832 g/mol. The van der Waals surface area contributed by atoms with Gasteiger partial charge in [-0.05, 0) is 78.4 Å². The fourth-order valence-electron chi connectivity index (χ4n) is 9.41. The second-order valence-electron chi connectivity index (χ2n) is 18.0. The van der Waals surface area contributed by atoms with E-state index in [1.165, 1.54) is 0 Å². The zero-order valence-electron chi connectivity index (χ0n) is 35.9. The van der Waals surface area contributed by atoms with Gasteiger partial charge in [0.1, 0.15) is 30.3 Å². The van der Waals surface area contributed by atoms with Gasteiger partial charge in [0, 0.05) is 13.0 Å². The Morgan fingerprint density at radius 1 is 0.750 bits per heavy atom. The van der Waals surface area contributed by atoms with Crippen molar-refractivity contribution in [2.45, 2.75) is 140 Å². The molecule has 1 saturated carbocycles. The molecule has 0 unspecified atom stereocenters. The van der Waals surface area contributed by atoms with Gasteiger partial charge in [0.05, 0.1) is 0 Å². The Hall–Kier alpha value is -4.87. The minimum atomic E-state index is -2.94. The molecular formula is C49H64N4O6Si. The van der Waals surface area contributed by atoms with Gasteiger partial charge in [-0.1, -0.05) is 150 Å². The van der Waals surface area contributed by atoms with E-state index in [1.807, 2.05) is 79.7 Å². The van der Waals surface area contributed by atoms with Crippen LogP contribution in [0.5, 0.6) is 0 Å². The zero-order valence-corrected chi connectivity index (χ0v) is 36.9. The first-order valence-electron chi connectivity index (χ1n) is 22.1. The Kier molecular flexibility index (Phi) is 15.3. The van der Waals surface area contributed by atoms with Crippen LogP contribution in [0, 0.1) is 5.92 Å². The summed E-state index contributed by atoms with van der Waals surface area (Å²) in [4.78, 5) is 71.7. The maximum atomic E-state index is 14.2. The van der Waals surface area contributed by atoms with Gasteiger partial charge in [-0.15, -0.1) is 0 Å². The molecule has 3 fully saturated rings. The molecule has 60 heavy (non-hydrogen) atoms. The smallest absolute Gasteiger partial charge is 0.262 e. The van der Waals surface area contributed by atoms with Crippen molar-refractivity contribution >= 4 is 48.1 Å². The molecule has 1 aliphatic carbocycles. The molecule has 11 heteroatoms. The average Bonchev–Trinajstić information content (AvgIpc) is 3.75. The number of allylic oxidation sites excluding steroid dienone is 1. The molecule has 3 N–H and O–H groups in total. The Bertz CT molecular complexity index is 1910. The predicted octanol–water partition coefficient (Wildman–Crippen LogP) is 5.92. The van der Waals surface area contributed by atoms with Crippen LogP contribution in [0.2, 0.25) is 5.04 Å². The largest absolute Gasteiger partial charge is 0.397 e. The topological polar surface area (TPSA) is 134 Å². The molecule has 5 atom stereocenters. The van der Waals surface area contributed by atoms with Crippen LogP contribution in [0.1, 0.15) is 104 Å². The van der Waals surface area contributed by atoms with Gasteiger partial charge in [-0.2, -0.15) is 0 Å². The highest BCUT2D eigenvalue weighted by molar-refractivity contribution is 6.99. The number of carbonyl (C=O) groups excluding carboxylic acids is 5. The number of rotatable bonds is 14. The molecule has 6 rings (SSSR count). The number of hydrogen-bond donors (Lipinski definition) is 3. The van der Waals surface area contributed by atoms with Crippen molar-refractivity contribution in [3.8, 4) is 0 Å². The van der Waals surface area contributed by atoms with Gasteiger partial charge in [0.25, 0.3) is 8.32 Å². The zero-order chi connectivity index (χ0) is 42.7. The van der Waals surface area contributed by atoms with Gasteiger partial charge >= 0.3 is 0 Å². The molecule has 3 aliphatic rings. The van der Waals surface area contributed by atoms with Gasteiger partial charge in [-0.25, -0.2) is 0 Å². The van der Waals surface area contributed by atoms with Crippen molar-refractivity contribution in [1.82, 2.24) is 20.9 Å². The standard InChI is InChI=1S/C49H64N4O6Si/c1-35(59-60(49(2,3)4,38-25-14-7-15-26-38)39-27-16-8-17-28-39)44(54)31-19-9-18-29-40-45(55)51-41(33-36-21-10-5-11-22-36)46(56)52-42(34-37-23-12-6-13-24-37)48(58)53-32-20-30-43(53)47(57)50-40/h6-8,12-17,19,23-28,31,35-36,40-43H,5,9-11,18,20-22,29-30,32-34H2,1-4H3,(H,50,57)(H,51,55)(H,52,56)/b31-19+/t35-,40-,41+,42-,43+/m0/s1. The Morgan fingerprint density at radius 2 is 1.32 bits per heavy atom. The van der Waals surface area contributed by atoms with E-state index in [9.17, 15) is 24.0 Å². The second kappa shape index (κ2) is 20.6. The summed E-state index contributed by atoms with van der Waals surface area (Å²) in [6.45, 7) is 8.76. The third kappa shape index (κ3) is 10.9. The van der Waals surface area contributed by atoms with Crippen molar-refractivity contribution < 1.29 is 28.4 Å². The van der Waals surface area contributed by atoms with E-state index >= 15 is 0 Å². The first kappa shape index (κ1) is 44.7. The lowest BCUT2D eigenvalue weighted by molar-refractivity contribution is -0.143. The molecule has 0 radical (unpaired) electrons. The summed E-state index contributed by atoms with van der Waals surface area (Å²) in [5, 5.41) is 10.9. The van der Waals surface area contributed by atoms with E-state index < -0.39 is 44.5 Å². The maximum Gasteiger partial charge on any atom is 0.262 e. The summed E-state index contributed by atoms with van der Waals surface area (Å²) < 4.78 is 7.01. The van der Waals surface area contributed by atoms with E-state index in [2.05, 4.69) is 61.0 Å². The normalized spacial score (nSPS) is 22.9. The lowest BCUT2D eigenvalue weighted by atomic mass is 9.84. The van der Waals surface area contributed by atoms with Gasteiger partial charge < -0.3 is 25.3 Å². The van der Waals surface area contributed by atoms with Crippen LogP contribution < -0.4 is 26.3 Å². The molecular weight excluding hydrogens is 769 g/mol. The van der Waals surface area contributed by atoms with Crippen LogP contribution in [-0.2, 0) is 34.8 Å². The molecule has 0 bridgehead atoms. The summed E-state index contributed by atoms with van der Waals surface area (Å²) in [6.07, 6.45) is 11.1. The fraction of sp³-hybridized carbons (Fsp3) is 0.490. The van der Waals surface area contributed by atoms with Crippen molar-refractivity contribution in [3.63, 3.8) is 0 Å². The van der Waals surface area contributed by atoms with E-state index in [-0.39, 0.29) is 40.9 Å². The van der Waals surface area contributed by atoms with Crippen molar-refractivity contribution in [3.05, 3.63) is 109 Å². The number of nitrogens with one attached hydrogen (secondary N) is 3. The number of amides is 4. The van der Waals surface area contributed by atoms with Crippen LogP contribution in [0.25, 0.3) is 0 Å². The maximum absolute atomic E-state index is 14.2. The number of nitrogens with zero attached hydrogens (tertiary/aromatic N) is 1. The van der Waals surface area contributed by atoms with E-state index in [1.54, 1.807) is 11.0 Å². The van der Waals surface area contributed by atoms with Crippen LogP contribution in [-0.4, -0.2) is 79.4 Å². The van der Waals surface area contributed by atoms with Gasteiger partial charge in [0.15, 0.2) is 5.78 Å². The first-order valence-corrected chi connectivity index (χ1v) is 24.0. The number of unbranched alkanes of at least 4 members (excludes halogenated alkanes) is 1. The van der Waals surface area contributed by atoms with Crippen molar-refractivity contribution in [1.29, 1.82) is 0 Å². The Labute approximate surface area is 357 Å². The van der Waals surface area contributed by atoms with Crippen molar-refractivity contribution in [2.24, 2.45) is 5.92 Å². The molecule has 0 spiro atoms. The van der Waals surface area contributed by atoms with E-state index in [0.717, 1.165) is 48.0 Å². The summed E-state index contributed by atoms with van der Waals surface area (Å²) in [6, 6.07) is 26.6. The summed E-state index contributed by atoms with van der Waals surface area (Å²) >= 11 is 0. The van der Waals surface area contributed by atoms with Crippen molar-refractivity contribution in [2.75, 3.05) is 6.54 Å². The molecule has 2 aliphatic heterocycles. The van der Waals surface area contributed by atoms with Crippen LogP contribution >= 0.6 is 0 Å². The number of carbonyl (C=O) groups is 5. The SMILES string of the molecule is C[C@H](O[Si](c1ccccc1)(c1ccccc1)C(C)(C)C)C(=O)/C=C/CCC[C@@H]1NC(=O)[C@H]2CCCN2C(=O)[C@H](Cc2ccccc2)NC(=O)[C@@H](CC2CCCCC2)NC1=O. The Morgan fingerprint density at radius 3 is 1.93 bits per heavy atom. The highest BCUT2D eigenvalue weighted by Crippen LogP contribution is 2.37. The summed E-state index contributed by atoms with van der Waals surface area (Å²) in [7, 11) is -2.94. The molecule has 320 valence electrons. The number of benzene rings is 3. The average molecular weight is 833 g/mol. The molecule has 10 nitrogen and oxygen atoms in total. The first-order chi connectivity index (χ1) is 28.9. The summed E-state index contributed by atoms with van der Waals surface area (Å²) in [5.74, 6) is -1.31.